The lowest BCUT2D eigenvalue weighted by Gasteiger charge is -2.05. The molecule has 1 aliphatic rings. The maximum Gasteiger partial charge on any atom is 0.264 e. The number of thioether (sulfide) groups is 1. The number of pyridine rings is 1. The quantitative estimate of drug-likeness (QED) is 0.602. The molecular weight excluding hydrogens is 170 g/mol. The predicted octanol–water partition coefficient (Wildman–Crippen LogP) is 1.34. The third-order valence-electron chi connectivity index (χ3n) is 2.32. The van der Waals surface area contributed by atoms with Crippen molar-refractivity contribution in [3.05, 3.63) is 27.7 Å². The van der Waals surface area contributed by atoms with Crippen LogP contribution in [0.2, 0.25) is 0 Å². The van der Waals surface area contributed by atoms with Gasteiger partial charge in [-0.3, -0.25) is 4.79 Å². The third kappa shape index (κ3) is 1.00. The summed E-state index contributed by atoms with van der Waals surface area (Å²) in [6, 6.07) is 2.12. The van der Waals surface area contributed by atoms with Crippen LogP contribution in [0.1, 0.15) is 11.3 Å². The van der Waals surface area contributed by atoms with Crippen LogP contribution in [0.4, 0.5) is 0 Å². The minimum atomic E-state index is 0.174. The number of aryl methyl sites for hydroxylation is 2. The first kappa shape index (κ1) is 7.92. The lowest BCUT2D eigenvalue weighted by molar-refractivity contribution is 0.785. The first-order valence-corrected chi connectivity index (χ1v) is 5.01. The van der Waals surface area contributed by atoms with Gasteiger partial charge in [0.15, 0.2) is 0 Å². The van der Waals surface area contributed by atoms with Gasteiger partial charge in [0.2, 0.25) is 0 Å². The number of hydrogen-bond donors (Lipinski definition) is 0. The summed E-state index contributed by atoms with van der Waals surface area (Å²) >= 11 is 1.68. The van der Waals surface area contributed by atoms with E-state index in [1.54, 1.807) is 16.3 Å². The molecule has 0 saturated heterocycles. The summed E-state index contributed by atoms with van der Waals surface area (Å²) in [5.74, 6) is 1.06. The highest BCUT2D eigenvalue weighted by Gasteiger charge is 2.16. The van der Waals surface area contributed by atoms with E-state index in [1.165, 1.54) is 5.56 Å². The van der Waals surface area contributed by atoms with E-state index in [4.69, 9.17) is 0 Å². The van der Waals surface area contributed by atoms with Crippen molar-refractivity contribution < 1.29 is 0 Å². The molecule has 2 heterocycles. The second-order valence-electron chi connectivity index (χ2n) is 3.10. The van der Waals surface area contributed by atoms with Gasteiger partial charge < -0.3 is 4.57 Å². The van der Waals surface area contributed by atoms with Crippen LogP contribution in [0.25, 0.3) is 0 Å². The van der Waals surface area contributed by atoms with Crippen LogP contribution < -0.4 is 5.56 Å². The molecular formula is C9H11NOS. The summed E-state index contributed by atoms with van der Waals surface area (Å²) in [7, 11) is 1.83. The van der Waals surface area contributed by atoms with Crippen LogP contribution >= 0.6 is 11.8 Å². The molecule has 0 saturated carbocycles. The summed E-state index contributed by atoms with van der Waals surface area (Å²) in [4.78, 5) is 12.6. The van der Waals surface area contributed by atoms with Crippen molar-refractivity contribution in [1.82, 2.24) is 4.57 Å². The molecule has 0 aromatic carbocycles. The second-order valence-corrected chi connectivity index (χ2v) is 4.21. The maximum absolute atomic E-state index is 11.6. The van der Waals surface area contributed by atoms with Crippen molar-refractivity contribution in [3.8, 4) is 0 Å². The number of hydrogen-bond acceptors (Lipinski definition) is 2. The van der Waals surface area contributed by atoms with Gasteiger partial charge in [-0.05, 0) is 25.0 Å². The molecule has 3 heteroatoms. The molecule has 1 aliphatic heterocycles. The Bertz CT molecular complexity index is 381. The van der Waals surface area contributed by atoms with Crippen LogP contribution in [0.5, 0.6) is 0 Å². The maximum atomic E-state index is 11.6. The van der Waals surface area contributed by atoms with Gasteiger partial charge in [-0.2, -0.15) is 0 Å². The van der Waals surface area contributed by atoms with Gasteiger partial charge in [0.25, 0.3) is 5.56 Å². The molecule has 0 amide bonds. The van der Waals surface area contributed by atoms with Gasteiger partial charge in [0.05, 0.1) is 4.90 Å². The van der Waals surface area contributed by atoms with Crippen molar-refractivity contribution in [2.24, 2.45) is 7.05 Å². The molecule has 0 aliphatic carbocycles. The van der Waals surface area contributed by atoms with Crippen LogP contribution in [0, 0.1) is 6.92 Å². The number of rotatable bonds is 0. The Balaban J connectivity index is 2.76. The molecule has 12 heavy (non-hydrogen) atoms. The summed E-state index contributed by atoms with van der Waals surface area (Å²) in [5.41, 5.74) is 2.47. The summed E-state index contributed by atoms with van der Waals surface area (Å²) < 4.78 is 1.72. The fourth-order valence-corrected chi connectivity index (χ4v) is 2.60. The second kappa shape index (κ2) is 2.66. The standard InChI is InChI=1S/C9H11NOS/c1-6-5-7-3-4-12-8(7)9(11)10(6)2/h5H,3-4H2,1-2H3. The predicted molar refractivity (Wildman–Crippen MR) is 50.8 cm³/mol. The summed E-state index contributed by atoms with van der Waals surface area (Å²) in [6.07, 6.45) is 1.05. The molecule has 0 fully saturated rings. The van der Waals surface area contributed by atoms with E-state index in [1.807, 2.05) is 14.0 Å². The zero-order valence-corrected chi connectivity index (χ0v) is 8.07. The average Bonchev–Trinajstić information content (AvgIpc) is 2.48. The summed E-state index contributed by atoms with van der Waals surface area (Å²) in [5, 5.41) is 0. The molecule has 0 radical (unpaired) electrons. The van der Waals surface area contributed by atoms with Crippen LogP contribution in [0.15, 0.2) is 15.8 Å². The molecule has 0 spiro atoms. The van der Waals surface area contributed by atoms with E-state index >= 15 is 0 Å². The Morgan fingerprint density at radius 3 is 3.08 bits per heavy atom. The Labute approximate surface area is 75.6 Å². The minimum Gasteiger partial charge on any atom is -0.315 e. The fourth-order valence-electron chi connectivity index (χ4n) is 1.47. The first-order valence-electron chi connectivity index (χ1n) is 4.02. The van der Waals surface area contributed by atoms with Gasteiger partial charge in [0, 0.05) is 18.5 Å². The monoisotopic (exact) mass is 181 g/mol. The van der Waals surface area contributed by atoms with Crippen molar-refractivity contribution in [2.75, 3.05) is 5.75 Å². The zero-order valence-electron chi connectivity index (χ0n) is 7.26. The lowest BCUT2D eigenvalue weighted by atomic mass is 10.2. The van der Waals surface area contributed by atoms with E-state index in [0.29, 0.717) is 0 Å². The van der Waals surface area contributed by atoms with Crippen molar-refractivity contribution >= 4 is 11.8 Å². The largest absolute Gasteiger partial charge is 0.315 e. The van der Waals surface area contributed by atoms with Crippen LogP contribution in [-0.4, -0.2) is 10.3 Å². The van der Waals surface area contributed by atoms with Crippen LogP contribution in [0.3, 0.4) is 0 Å². The lowest BCUT2D eigenvalue weighted by Crippen LogP contribution is -2.20. The van der Waals surface area contributed by atoms with Crippen molar-refractivity contribution in [3.63, 3.8) is 0 Å². The average molecular weight is 181 g/mol. The van der Waals surface area contributed by atoms with Gasteiger partial charge in [-0.1, -0.05) is 0 Å². The van der Waals surface area contributed by atoms with E-state index in [0.717, 1.165) is 22.8 Å². The Hall–Kier alpha value is -0.700. The Kier molecular flexibility index (Phi) is 1.76. The molecule has 0 bridgehead atoms. The van der Waals surface area contributed by atoms with Gasteiger partial charge in [-0.15, -0.1) is 11.8 Å². The van der Waals surface area contributed by atoms with Crippen molar-refractivity contribution in [1.29, 1.82) is 0 Å². The van der Waals surface area contributed by atoms with E-state index in [-0.39, 0.29) is 5.56 Å². The van der Waals surface area contributed by atoms with Gasteiger partial charge in [-0.25, -0.2) is 0 Å². The highest BCUT2D eigenvalue weighted by Crippen LogP contribution is 2.27. The minimum absolute atomic E-state index is 0.174. The van der Waals surface area contributed by atoms with E-state index in [2.05, 4.69) is 6.07 Å². The molecule has 0 unspecified atom stereocenters. The van der Waals surface area contributed by atoms with E-state index < -0.39 is 0 Å². The first-order chi connectivity index (χ1) is 5.70. The molecule has 1 aromatic heterocycles. The molecule has 1 aromatic rings. The topological polar surface area (TPSA) is 22.0 Å². The number of nitrogens with zero attached hydrogens (tertiary/aromatic N) is 1. The molecule has 2 rings (SSSR count). The Morgan fingerprint density at radius 2 is 2.33 bits per heavy atom. The van der Waals surface area contributed by atoms with Crippen molar-refractivity contribution in [2.45, 2.75) is 18.2 Å². The fraction of sp³-hybridized carbons (Fsp3) is 0.444. The third-order valence-corrected chi connectivity index (χ3v) is 3.45. The molecule has 0 atom stereocenters. The highest BCUT2D eigenvalue weighted by atomic mass is 32.2. The summed E-state index contributed by atoms with van der Waals surface area (Å²) in [6.45, 7) is 1.98. The van der Waals surface area contributed by atoms with Crippen LogP contribution in [-0.2, 0) is 13.5 Å². The SMILES string of the molecule is Cc1cc2c(c(=O)n1C)SCC2. The highest BCUT2D eigenvalue weighted by molar-refractivity contribution is 7.99. The zero-order chi connectivity index (χ0) is 8.72. The molecule has 64 valence electrons. The normalized spacial score (nSPS) is 14.8. The number of fused-ring (bicyclic) bond motifs is 1. The van der Waals surface area contributed by atoms with E-state index in [9.17, 15) is 4.79 Å². The van der Waals surface area contributed by atoms with Gasteiger partial charge >= 0.3 is 0 Å². The molecule has 2 nitrogen and oxygen atoms in total. The van der Waals surface area contributed by atoms with Gasteiger partial charge in [0.1, 0.15) is 0 Å². The number of aromatic nitrogens is 1. The smallest absolute Gasteiger partial charge is 0.264 e. The Morgan fingerprint density at radius 1 is 1.58 bits per heavy atom. The molecule has 0 N–H and O–H groups in total.